The van der Waals surface area contributed by atoms with Crippen molar-refractivity contribution in [1.82, 2.24) is 15.3 Å². The Hall–Kier alpha value is -2.43. The van der Waals surface area contributed by atoms with Crippen LogP contribution in [0.4, 0.5) is 0 Å². The number of hydrogen-bond acceptors (Lipinski definition) is 3. The van der Waals surface area contributed by atoms with Gasteiger partial charge in [-0.05, 0) is 37.0 Å². The number of H-pyrrole nitrogens is 1. The summed E-state index contributed by atoms with van der Waals surface area (Å²) in [5.41, 5.74) is 2.98. The molecule has 2 N–H and O–H groups in total. The standard InChI is InChI=1S/C19H22N4O/c24-18(10-13-6-2-1-3-7-13)23-17-11-14(12-20-17)19-21-15-8-4-5-9-16(15)22-19/h4-5,8-9,11,13H,1-3,6-7,10,12H2,(H,21,22)(H,20,23,24). The van der Waals surface area contributed by atoms with E-state index in [2.05, 4.69) is 20.3 Å². The first-order valence-corrected chi connectivity index (χ1v) is 8.78. The largest absolute Gasteiger partial charge is 0.338 e. The normalized spacial score (nSPS) is 18.5. The number of carbonyl (C=O) groups is 1. The van der Waals surface area contributed by atoms with Gasteiger partial charge in [-0.1, -0.05) is 31.4 Å². The number of nitrogens with zero attached hydrogens (tertiary/aromatic N) is 2. The van der Waals surface area contributed by atoms with Crippen LogP contribution in [0.3, 0.4) is 0 Å². The second-order valence-corrected chi connectivity index (χ2v) is 6.73. The van der Waals surface area contributed by atoms with Gasteiger partial charge in [-0.15, -0.1) is 0 Å². The van der Waals surface area contributed by atoms with E-state index in [9.17, 15) is 4.79 Å². The fraction of sp³-hybridized carbons (Fsp3) is 0.421. The van der Waals surface area contributed by atoms with Crippen molar-refractivity contribution in [3.63, 3.8) is 0 Å². The van der Waals surface area contributed by atoms with Crippen LogP contribution >= 0.6 is 0 Å². The Morgan fingerprint density at radius 3 is 2.88 bits per heavy atom. The number of amidine groups is 1. The monoisotopic (exact) mass is 322 g/mol. The first-order valence-electron chi connectivity index (χ1n) is 8.78. The van der Waals surface area contributed by atoms with Crippen molar-refractivity contribution in [1.29, 1.82) is 0 Å². The van der Waals surface area contributed by atoms with Crippen LogP contribution in [0.1, 0.15) is 44.3 Å². The molecule has 0 radical (unpaired) electrons. The van der Waals surface area contributed by atoms with Crippen LogP contribution in [-0.2, 0) is 4.79 Å². The number of aliphatic imine (C=N–C) groups is 1. The maximum absolute atomic E-state index is 12.2. The molecule has 5 nitrogen and oxygen atoms in total. The highest BCUT2D eigenvalue weighted by atomic mass is 16.1. The first-order chi connectivity index (χ1) is 11.8. The number of nitrogens with one attached hydrogen (secondary N) is 2. The Morgan fingerprint density at radius 1 is 1.21 bits per heavy atom. The molecule has 124 valence electrons. The van der Waals surface area contributed by atoms with Crippen LogP contribution in [0.25, 0.3) is 16.6 Å². The minimum Gasteiger partial charge on any atom is -0.338 e. The highest BCUT2D eigenvalue weighted by Gasteiger charge is 2.19. The van der Waals surface area contributed by atoms with E-state index in [1.165, 1.54) is 32.1 Å². The van der Waals surface area contributed by atoms with Crippen molar-refractivity contribution >= 4 is 28.3 Å². The van der Waals surface area contributed by atoms with Gasteiger partial charge in [0.05, 0.1) is 17.6 Å². The third-order valence-electron chi connectivity index (χ3n) is 4.89. The van der Waals surface area contributed by atoms with E-state index >= 15 is 0 Å². The van der Waals surface area contributed by atoms with Gasteiger partial charge in [0, 0.05) is 12.0 Å². The molecule has 2 aliphatic rings. The molecule has 1 aliphatic heterocycles. The molecule has 1 saturated carbocycles. The van der Waals surface area contributed by atoms with E-state index in [-0.39, 0.29) is 5.91 Å². The highest BCUT2D eigenvalue weighted by Crippen LogP contribution is 2.26. The number of rotatable bonds is 3. The van der Waals surface area contributed by atoms with E-state index < -0.39 is 0 Å². The summed E-state index contributed by atoms with van der Waals surface area (Å²) >= 11 is 0. The molecule has 2 aromatic rings. The molecule has 0 atom stereocenters. The van der Waals surface area contributed by atoms with Crippen LogP contribution < -0.4 is 5.32 Å². The first kappa shape index (κ1) is 15.1. The molecule has 1 aromatic carbocycles. The third-order valence-corrected chi connectivity index (χ3v) is 4.89. The lowest BCUT2D eigenvalue weighted by atomic mass is 9.87. The van der Waals surface area contributed by atoms with Crippen molar-refractivity contribution in [2.75, 3.05) is 6.54 Å². The summed E-state index contributed by atoms with van der Waals surface area (Å²) in [6.07, 6.45) is 8.74. The minimum atomic E-state index is 0.0859. The summed E-state index contributed by atoms with van der Waals surface area (Å²) in [5, 5.41) is 2.95. The third kappa shape index (κ3) is 3.25. The molecule has 0 spiro atoms. The van der Waals surface area contributed by atoms with Crippen molar-refractivity contribution in [2.24, 2.45) is 10.9 Å². The van der Waals surface area contributed by atoms with Gasteiger partial charge in [0.25, 0.3) is 0 Å². The van der Waals surface area contributed by atoms with E-state index in [0.717, 1.165) is 22.4 Å². The molecule has 24 heavy (non-hydrogen) atoms. The SMILES string of the molecule is O=C(CC1CCCCC1)NC1=NCC(c2nc3ccccc3[nH]2)=C1. The van der Waals surface area contributed by atoms with Gasteiger partial charge in [-0.2, -0.15) is 0 Å². The molecular formula is C19H22N4O. The zero-order chi connectivity index (χ0) is 16.4. The van der Waals surface area contributed by atoms with Gasteiger partial charge in [0.1, 0.15) is 11.7 Å². The predicted molar refractivity (Wildman–Crippen MR) is 95.7 cm³/mol. The van der Waals surface area contributed by atoms with Crippen LogP contribution in [0.5, 0.6) is 0 Å². The van der Waals surface area contributed by atoms with E-state index in [4.69, 9.17) is 0 Å². The molecular weight excluding hydrogens is 300 g/mol. The molecule has 5 heteroatoms. The van der Waals surface area contributed by atoms with E-state index in [0.29, 0.717) is 24.7 Å². The average molecular weight is 322 g/mol. The van der Waals surface area contributed by atoms with Crippen molar-refractivity contribution < 1.29 is 4.79 Å². The Kier molecular flexibility index (Phi) is 4.15. The number of para-hydroxylation sites is 2. The quantitative estimate of drug-likeness (QED) is 0.908. The predicted octanol–water partition coefficient (Wildman–Crippen LogP) is 3.45. The minimum absolute atomic E-state index is 0.0859. The number of amides is 1. The van der Waals surface area contributed by atoms with Crippen molar-refractivity contribution in [3.05, 3.63) is 36.2 Å². The molecule has 0 bridgehead atoms. The number of aromatic nitrogens is 2. The molecule has 0 saturated heterocycles. The number of fused-ring (bicyclic) bond motifs is 1. The summed E-state index contributed by atoms with van der Waals surface area (Å²) in [4.78, 5) is 24.5. The van der Waals surface area contributed by atoms with Crippen LogP contribution in [0, 0.1) is 5.92 Å². The van der Waals surface area contributed by atoms with Crippen molar-refractivity contribution in [2.45, 2.75) is 38.5 Å². The zero-order valence-corrected chi connectivity index (χ0v) is 13.7. The van der Waals surface area contributed by atoms with E-state index in [1.807, 2.05) is 30.3 Å². The fourth-order valence-corrected chi connectivity index (χ4v) is 3.60. The molecule has 1 fully saturated rings. The Labute approximate surface area is 141 Å². The number of imidazole rings is 1. The number of benzene rings is 1. The van der Waals surface area contributed by atoms with Gasteiger partial charge in [0.15, 0.2) is 0 Å². The summed E-state index contributed by atoms with van der Waals surface area (Å²) < 4.78 is 0. The lowest BCUT2D eigenvalue weighted by Gasteiger charge is -2.20. The Bertz CT molecular complexity index is 779. The molecule has 1 amide bonds. The lowest BCUT2D eigenvalue weighted by Crippen LogP contribution is -2.30. The van der Waals surface area contributed by atoms with Crippen LogP contribution in [0.2, 0.25) is 0 Å². The van der Waals surface area contributed by atoms with Gasteiger partial charge in [-0.3, -0.25) is 9.79 Å². The van der Waals surface area contributed by atoms with Gasteiger partial charge >= 0.3 is 0 Å². The molecule has 0 unspecified atom stereocenters. The Morgan fingerprint density at radius 2 is 2.04 bits per heavy atom. The maximum Gasteiger partial charge on any atom is 0.225 e. The van der Waals surface area contributed by atoms with Gasteiger partial charge in [0.2, 0.25) is 5.91 Å². The van der Waals surface area contributed by atoms with Crippen molar-refractivity contribution in [3.8, 4) is 0 Å². The topological polar surface area (TPSA) is 70.1 Å². The van der Waals surface area contributed by atoms with E-state index in [1.54, 1.807) is 0 Å². The summed E-state index contributed by atoms with van der Waals surface area (Å²) in [5.74, 6) is 2.12. The Balaban J connectivity index is 1.39. The van der Waals surface area contributed by atoms with Crippen LogP contribution in [-0.4, -0.2) is 28.3 Å². The lowest BCUT2D eigenvalue weighted by molar-refractivity contribution is -0.120. The molecule has 4 rings (SSSR count). The highest BCUT2D eigenvalue weighted by molar-refractivity contribution is 6.10. The molecule has 1 aromatic heterocycles. The fourth-order valence-electron chi connectivity index (χ4n) is 3.60. The smallest absolute Gasteiger partial charge is 0.225 e. The van der Waals surface area contributed by atoms with Crippen LogP contribution in [0.15, 0.2) is 35.3 Å². The average Bonchev–Trinajstić information content (AvgIpc) is 3.22. The number of aromatic amines is 1. The number of hydrogen-bond donors (Lipinski definition) is 2. The molecule has 1 aliphatic carbocycles. The summed E-state index contributed by atoms with van der Waals surface area (Å²) in [7, 11) is 0. The number of carbonyl (C=O) groups excluding carboxylic acids is 1. The van der Waals surface area contributed by atoms with Gasteiger partial charge < -0.3 is 10.3 Å². The second-order valence-electron chi connectivity index (χ2n) is 6.73. The summed E-state index contributed by atoms with van der Waals surface area (Å²) in [6, 6.07) is 7.96. The second kappa shape index (κ2) is 6.59. The molecule has 2 heterocycles. The summed E-state index contributed by atoms with van der Waals surface area (Å²) in [6.45, 7) is 0.554. The van der Waals surface area contributed by atoms with Gasteiger partial charge in [-0.25, -0.2) is 4.98 Å². The maximum atomic E-state index is 12.2. The zero-order valence-electron chi connectivity index (χ0n) is 13.7.